The third-order valence-corrected chi connectivity index (χ3v) is 6.19. The number of unbranched alkanes of at least 4 members (excludes halogenated alkanes) is 7. The highest BCUT2D eigenvalue weighted by Crippen LogP contribution is 2.13. The minimum Gasteiger partial charge on any atom is -0.305 e. The smallest absolute Gasteiger partial charge is 0.149 e. The maximum atomic E-state index is 11.9. The standard InChI is InChI=1S/C15H30OSi/c1-5-7-8-9-10-11-12-13-14-15(16)17(3,4)6-2/h6H,2,5,7-14H2,1,3-4H3. The fraction of sp³-hybridized carbons (Fsp3) is 0.800. The van der Waals surface area contributed by atoms with Crippen molar-refractivity contribution in [3.8, 4) is 0 Å². The van der Waals surface area contributed by atoms with Gasteiger partial charge in [-0.3, -0.25) is 0 Å². The van der Waals surface area contributed by atoms with Crippen molar-refractivity contribution in [1.29, 1.82) is 0 Å². The molecule has 17 heavy (non-hydrogen) atoms. The Balaban J connectivity index is 3.40. The Kier molecular flexibility index (Phi) is 9.42. The van der Waals surface area contributed by atoms with Crippen molar-refractivity contribution in [2.45, 2.75) is 77.8 Å². The molecule has 0 aromatic rings. The summed E-state index contributed by atoms with van der Waals surface area (Å²) in [4.78, 5) is 11.9. The molecule has 0 unspecified atom stereocenters. The average molecular weight is 254 g/mol. The zero-order valence-electron chi connectivity index (χ0n) is 12.1. The van der Waals surface area contributed by atoms with E-state index in [0.29, 0.717) is 5.41 Å². The summed E-state index contributed by atoms with van der Waals surface area (Å²) in [6, 6.07) is 0. The third kappa shape index (κ3) is 8.36. The van der Waals surface area contributed by atoms with Crippen LogP contribution in [0.1, 0.15) is 64.7 Å². The van der Waals surface area contributed by atoms with Crippen LogP contribution in [0.2, 0.25) is 13.1 Å². The minimum absolute atomic E-state index is 0.471. The van der Waals surface area contributed by atoms with E-state index in [-0.39, 0.29) is 0 Å². The van der Waals surface area contributed by atoms with Gasteiger partial charge in [-0.05, 0) is 6.42 Å². The lowest BCUT2D eigenvalue weighted by Crippen LogP contribution is -2.34. The van der Waals surface area contributed by atoms with Gasteiger partial charge in [0.15, 0.2) is 0 Å². The number of hydrogen-bond donors (Lipinski definition) is 0. The second-order valence-electron chi connectivity index (χ2n) is 5.57. The van der Waals surface area contributed by atoms with Gasteiger partial charge < -0.3 is 4.79 Å². The van der Waals surface area contributed by atoms with Crippen molar-refractivity contribution < 1.29 is 4.79 Å². The van der Waals surface area contributed by atoms with Gasteiger partial charge in [0.25, 0.3) is 0 Å². The molecule has 0 fully saturated rings. The van der Waals surface area contributed by atoms with Crippen LogP contribution in [0.25, 0.3) is 0 Å². The molecule has 2 heteroatoms. The van der Waals surface area contributed by atoms with Crippen LogP contribution < -0.4 is 0 Å². The molecule has 0 atom stereocenters. The Morgan fingerprint density at radius 2 is 1.47 bits per heavy atom. The van der Waals surface area contributed by atoms with E-state index in [1.54, 1.807) is 0 Å². The lowest BCUT2D eigenvalue weighted by atomic mass is 10.1. The monoisotopic (exact) mass is 254 g/mol. The van der Waals surface area contributed by atoms with Crippen molar-refractivity contribution in [2.75, 3.05) is 0 Å². The summed E-state index contributed by atoms with van der Waals surface area (Å²) < 4.78 is 0. The summed E-state index contributed by atoms with van der Waals surface area (Å²) in [7, 11) is -1.74. The van der Waals surface area contributed by atoms with Gasteiger partial charge in [-0.15, -0.1) is 6.58 Å². The molecular weight excluding hydrogens is 224 g/mol. The fourth-order valence-corrected chi connectivity index (χ4v) is 2.90. The van der Waals surface area contributed by atoms with E-state index in [9.17, 15) is 4.79 Å². The van der Waals surface area contributed by atoms with Crippen LogP contribution in [-0.2, 0) is 4.79 Å². The number of hydrogen-bond acceptors (Lipinski definition) is 1. The number of carbonyl (C=O) groups excluding carboxylic acids is 1. The Labute approximate surface area is 109 Å². The van der Waals surface area contributed by atoms with Crippen LogP contribution in [-0.4, -0.2) is 13.5 Å². The molecule has 0 N–H and O–H groups in total. The molecule has 0 aromatic carbocycles. The SMILES string of the molecule is C=C[Si](C)(C)C(=O)CCCCCCCCCC. The van der Waals surface area contributed by atoms with Crippen molar-refractivity contribution in [1.82, 2.24) is 0 Å². The van der Waals surface area contributed by atoms with Crippen molar-refractivity contribution >= 4 is 13.5 Å². The highest BCUT2D eigenvalue weighted by atomic mass is 28.3. The molecule has 0 radical (unpaired) electrons. The van der Waals surface area contributed by atoms with Gasteiger partial charge in [-0.1, -0.05) is 70.7 Å². The maximum absolute atomic E-state index is 11.9. The molecule has 0 aromatic heterocycles. The van der Waals surface area contributed by atoms with Gasteiger partial charge in [-0.25, -0.2) is 0 Å². The van der Waals surface area contributed by atoms with Gasteiger partial charge in [0.1, 0.15) is 13.5 Å². The molecule has 0 amide bonds. The molecule has 0 spiro atoms. The second-order valence-corrected chi connectivity index (χ2v) is 9.98. The van der Waals surface area contributed by atoms with Crippen molar-refractivity contribution in [3.63, 3.8) is 0 Å². The first-order valence-corrected chi connectivity index (χ1v) is 10.3. The summed E-state index contributed by atoms with van der Waals surface area (Å²) in [5.41, 5.74) is 1.90. The Morgan fingerprint density at radius 3 is 1.94 bits per heavy atom. The molecular formula is C15H30OSi. The van der Waals surface area contributed by atoms with E-state index in [0.717, 1.165) is 12.8 Å². The summed E-state index contributed by atoms with van der Waals surface area (Å²) in [5, 5.41) is 0.471. The Bertz CT molecular complexity index is 221. The first-order chi connectivity index (χ1) is 8.04. The molecule has 0 saturated carbocycles. The summed E-state index contributed by atoms with van der Waals surface area (Å²) in [6.45, 7) is 10.2. The highest BCUT2D eigenvalue weighted by molar-refractivity contribution is 7.07. The third-order valence-electron chi connectivity index (χ3n) is 3.49. The van der Waals surface area contributed by atoms with E-state index in [1.807, 2.05) is 5.70 Å². The molecule has 0 saturated heterocycles. The summed E-state index contributed by atoms with van der Waals surface area (Å²) in [6.07, 6.45) is 11.2. The molecule has 0 aliphatic carbocycles. The molecule has 100 valence electrons. The van der Waals surface area contributed by atoms with Crippen LogP contribution in [0.3, 0.4) is 0 Å². The quantitative estimate of drug-likeness (QED) is 0.372. The maximum Gasteiger partial charge on any atom is 0.149 e. The van der Waals surface area contributed by atoms with E-state index in [1.165, 1.54) is 44.9 Å². The van der Waals surface area contributed by atoms with Gasteiger partial charge >= 0.3 is 0 Å². The van der Waals surface area contributed by atoms with E-state index < -0.39 is 8.07 Å². The summed E-state index contributed by atoms with van der Waals surface area (Å²) in [5.74, 6) is 0. The molecule has 0 rings (SSSR count). The van der Waals surface area contributed by atoms with Gasteiger partial charge in [0, 0.05) is 6.42 Å². The zero-order valence-corrected chi connectivity index (χ0v) is 13.1. The topological polar surface area (TPSA) is 17.1 Å². The van der Waals surface area contributed by atoms with Crippen LogP contribution in [0.4, 0.5) is 0 Å². The van der Waals surface area contributed by atoms with E-state index in [2.05, 4.69) is 26.6 Å². The van der Waals surface area contributed by atoms with Crippen LogP contribution in [0, 0.1) is 0 Å². The fourth-order valence-electron chi connectivity index (χ4n) is 1.86. The minimum atomic E-state index is -1.74. The molecule has 0 heterocycles. The van der Waals surface area contributed by atoms with Crippen LogP contribution in [0.15, 0.2) is 12.3 Å². The van der Waals surface area contributed by atoms with Crippen molar-refractivity contribution in [2.24, 2.45) is 0 Å². The zero-order chi connectivity index (χ0) is 13.1. The largest absolute Gasteiger partial charge is 0.305 e. The predicted octanol–water partition coefficient (Wildman–Crippen LogP) is 5.06. The lowest BCUT2D eigenvalue weighted by Gasteiger charge is -2.14. The number of rotatable bonds is 11. The predicted molar refractivity (Wildman–Crippen MR) is 79.9 cm³/mol. The highest BCUT2D eigenvalue weighted by Gasteiger charge is 2.25. The van der Waals surface area contributed by atoms with Crippen molar-refractivity contribution in [3.05, 3.63) is 12.3 Å². The summed E-state index contributed by atoms with van der Waals surface area (Å²) >= 11 is 0. The van der Waals surface area contributed by atoms with E-state index >= 15 is 0 Å². The second kappa shape index (κ2) is 9.64. The first kappa shape index (κ1) is 16.6. The first-order valence-electron chi connectivity index (χ1n) is 7.21. The average Bonchev–Trinajstić information content (AvgIpc) is 2.32. The van der Waals surface area contributed by atoms with Crippen LogP contribution in [0.5, 0.6) is 0 Å². The lowest BCUT2D eigenvalue weighted by molar-refractivity contribution is -0.112. The molecule has 0 aliphatic rings. The van der Waals surface area contributed by atoms with Crippen LogP contribution >= 0.6 is 0 Å². The Morgan fingerprint density at radius 1 is 1.00 bits per heavy atom. The number of carbonyl (C=O) groups is 1. The molecule has 1 nitrogen and oxygen atoms in total. The van der Waals surface area contributed by atoms with Gasteiger partial charge in [0.2, 0.25) is 0 Å². The van der Waals surface area contributed by atoms with Gasteiger partial charge in [-0.2, -0.15) is 0 Å². The molecule has 0 bridgehead atoms. The Hall–Kier alpha value is -0.373. The van der Waals surface area contributed by atoms with E-state index in [4.69, 9.17) is 0 Å². The normalized spacial score (nSPS) is 11.5. The molecule has 0 aliphatic heterocycles. The van der Waals surface area contributed by atoms with Gasteiger partial charge in [0.05, 0.1) is 0 Å².